The summed E-state index contributed by atoms with van der Waals surface area (Å²) in [6.07, 6.45) is 11.5. The Labute approximate surface area is 217 Å². The maximum Gasteiger partial charge on any atom is 0.164 e. The molecule has 1 aromatic carbocycles. The van der Waals surface area contributed by atoms with E-state index in [4.69, 9.17) is 14.2 Å². The molecule has 0 amide bonds. The van der Waals surface area contributed by atoms with Crippen molar-refractivity contribution in [1.29, 1.82) is 0 Å². The molecule has 0 radical (unpaired) electrons. The average molecular weight is 496 g/mol. The topological polar surface area (TPSA) is 51.2 Å². The Morgan fingerprint density at radius 2 is 1.81 bits per heavy atom. The van der Waals surface area contributed by atoms with Crippen LogP contribution in [-0.2, 0) is 16.6 Å². The second-order valence-corrected chi connectivity index (χ2v) is 13.7. The summed E-state index contributed by atoms with van der Waals surface area (Å²) in [5.41, 5.74) is 0.879. The number of fused-ring (bicyclic) bond motifs is 2. The minimum Gasteiger partial charge on any atom is -0.493 e. The predicted octanol–water partition coefficient (Wildman–Crippen LogP) is 5.13. The van der Waals surface area contributed by atoms with Crippen LogP contribution in [-0.4, -0.2) is 61.7 Å². The lowest BCUT2D eigenvalue weighted by Crippen LogP contribution is -2.76. The Balaban J connectivity index is 1.59. The molecule has 36 heavy (non-hydrogen) atoms. The van der Waals surface area contributed by atoms with E-state index in [9.17, 15) is 5.11 Å². The summed E-state index contributed by atoms with van der Waals surface area (Å²) in [7, 11) is 5.37. The third-order valence-corrected chi connectivity index (χ3v) is 11.4. The number of piperidine rings is 1. The number of aliphatic hydroxyl groups is 1. The van der Waals surface area contributed by atoms with Gasteiger partial charge in [-0.1, -0.05) is 39.0 Å². The van der Waals surface area contributed by atoms with Gasteiger partial charge in [-0.3, -0.25) is 4.90 Å². The number of benzene rings is 1. The molecule has 0 aromatic heterocycles. The molecule has 2 saturated carbocycles. The molecule has 198 valence electrons. The van der Waals surface area contributed by atoms with E-state index in [2.05, 4.69) is 56.9 Å². The van der Waals surface area contributed by atoms with Crippen LogP contribution in [0.5, 0.6) is 11.5 Å². The van der Waals surface area contributed by atoms with Crippen molar-refractivity contribution in [2.24, 2.45) is 22.7 Å². The minimum atomic E-state index is -0.878. The van der Waals surface area contributed by atoms with Crippen molar-refractivity contribution in [3.63, 3.8) is 0 Å². The van der Waals surface area contributed by atoms with Crippen LogP contribution < -0.4 is 9.47 Å². The summed E-state index contributed by atoms with van der Waals surface area (Å²) in [5.74, 6) is 2.57. The van der Waals surface area contributed by atoms with E-state index in [0.717, 1.165) is 49.6 Å². The fourth-order valence-corrected chi connectivity index (χ4v) is 8.82. The molecule has 6 atom stereocenters. The van der Waals surface area contributed by atoms with Gasteiger partial charge >= 0.3 is 0 Å². The summed E-state index contributed by atoms with van der Waals surface area (Å²) >= 11 is 0. The molecule has 1 N–H and O–H groups in total. The monoisotopic (exact) mass is 495 g/mol. The molecule has 0 unspecified atom stereocenters. The van der Waals surface area contributed by atoms with Crippen molar-refractivity contribution in [2.45, 2.75) is 88.9 Å². The molecule has 6 aliphatic rings. The van der Waals surface area contributed by atoms with Crippen molar-refractivity contribution >= 4 is 0 Å². The maximum absolute atomic E-state index is 12.2. The van der Waals surface area contributed by atoms with E-state index >= 15 is 0 Å². The quantitative estimate of drug-likeness (QED) is 0.555. The summed E-state index contributed by atoms with van der Waals surface area (Å²) < 4.78 is 18.5. The van der Waals surface area contributed by atoms with E-state index in [1.807, 2.05) is 7.11 Å². The zero-order valence-corrected chi connectivity index (χ0v) is 23.3. The van der Waals surface area contributed by atoms with Gasteiger partial charge in [0.05, 0.1) is 25.4 Å². The number of nitrogens with zero attached hydrogens (tertiary/aromatic N) is 1. The molecule has 1 aliphatic heterocycles. The van der Waals surface area contributed by atoms with Crippen LogP contribution >= 0.6 is 0 Å². The first-order valence-electron chi connectivity index (χ1n) is 13.9. The van der Waals surface area contributed by atoms with E-state index in [1.54, 1.807) is 14.2 Å². The van der Waals surface area contributed by atoms with Gasteiger partial charge in [-0.15, -0.1) is 0 Å². The summed E-state index contributed by atoms with van der Waals surface area (Å²) in [4.78, 5) is 2.81. The normalized spacial score (nSPS) is 38.8. The Bertz CT molecular complexity index is 1080. The molecule has 5 aliphatic carbocycles. The molecule has 5 nitrogen and oxygen atoms in total. The van der Waals surface area contributed by atoms with Crippen LogP contribution in [0, 0.1) is 22.7 Å². The highest BCUT2D eigenvalue weighted by Gasteiger charge is 2.74. The van der Waals surface area contributed by atoms with Crippen LogP contribution in [0.2, 0.25) is 0 Å². The Morgan fingerprint density at radius 3 is 2.42 bits per heavy atom. The number of hydrogen-bond acceptors (Lipinski definition) is 5. The average Bonchev–Trinajstić information content (AvgIpc) is 3.67. The van der Waals surface area contributed by atoms with Crippen molar-refractivity contribution in [3.8, 4) is 11.5 Å². The van der Waals surface area contributed by atoms with Gasteiger partial charge in [0.1, 0.15) is 0 Å². The Kier molecular flexibility index (Phi) is 5.32. The fourth-order valence-electron chi connectivity index (χ4n) is 8.82. The molecule has 3 fully saturated rings. The molecule has 7 rings (SSSR count). The highest BCUT2D eigenvalue weighted by atomic mass is 16.5. The van der Waals surface area contributed by atoms with Crippen LogP contribution in [0.1, 0.15) is 70.9 Å². The van der Waals surface area contributed by atoms with Gasteiger partial charge in [-0.05, 0) is 75.0 Å². The largest absolute Gasteiger partial charge is 0.493 e. The SMILES string of the molecule is COc1ccc2c(c1OC)[C@]13CCN(CC4CC4)[C@H](C2)[C@]12C=C[C@](OC)(C3)[C@@H]([C@](C)(O)C(C)(C)C)C2. The summed E-state index contributed by atoms with van der Waals surface area (Å²) in [6, 6.07) is 4.79. The molecule has 5 heteroatoms. The number of methoxy groups -OCH3 is 3. The lowest BCUT2D eigenvalue weighted by molar-refractivity contribution is -0.231. The molecular formula is C31H45NO4. The van der Waals surface area contributed by atoms with Gasteiger partial charge < -0.3 is 19.3 Å². The second-order valence-electron chi connectivity index (χ2n) is 13.7. The minimum absolute atomic E-state index is 0.00894. The van der Waals surface area contributed by atoms with Crippen molar-refractivity contribution in [1.82, 2.24) is 4.90 Å². The number of rotatable bonds is 6. The van der Waals surface area contributed by atoms with E-state index < -0.39 is 11.2 Å². The van der Waals surface area contributed by atoms with Gasteiger partial charge in [-0.25, -0.2) is 0 Å². The van der Waals surface area contributed by atoms with Crippen molar-refractivity contribution in [2.75, 3.05) is 34.4 Å². The smallest absolute Gasteiger partial charge is 0.164 e. The van der Waals surface area contributed by atoms with Gasteiger partial charge in [0, 0.05) is 42.0 Å². The van der Waals surface area contributed by atoms with Crippen LogP contribution in [0.25, 0.3) is 0 Å². The molecule has 1 heterocycles. The second kappa shape index (κ2) is 7.74. The maximum atomic E-state index is 12.2. The Hall–Kier alpha value is -1.56. The van der Waals surface area contributed by atoms with Gasteiger partial charge in [-0.2, -0.15) is 0 Å². The molecule has 1 aromatic rings. The summed E-state index contributed by atoms with van der Waals surface area (Å²) in [5, 5.41) is 12.2. The van der Waals surface area contributed by atoms with Crippen LogP contribution in [0.3, 0.4) is 0 Å². The molecular weight excluding hydrogens is 450 g/mol. The molecule has 4 bridgehead atoms. The van der Waals surface area contributed by atoms with Crippen LogP contribution in [0.15, 0.2) is 24.3 Å². The van der Waals surface area contributed by atoms with Crippen molar-refractivity contribution < 1.29 is 19.3 Å². The summed E-state index contributed by atoms with van der Waals surface area (Å²) in [6.45, 7) is 10.9. The van der Waals surface area contributed by atoms with Gasteiger partial charge in [0.15, 0.2) is 11.5 Å². The van der Waals surface area contributed by atoms with E-state index in [1.165, 1.54) is 30.5 Å². The number of likely N-dealkylation sites (tertiary alicyclic amines) is 1. The highest BCUT2D eigenvalue weighted by Crippen LogP contribution is 2.73. The lowest BCUT2D eigenvalue weighted by Gasteiger charge is -2.73. The third kappa shape index (κ3) is 3.00. The molecule has 1 spiro atoms. The number of hydrogen-bond donors (Lipinski definition) is 1. The first-order valence-corrected chi connectivity index (χ1v) is 13.9. The zero-order chi connectivity index (χ0) is 25.7. The first-order chi connectivity index (χ1) is 17.0. The fraction of sp³-hybridized carbons (Fsp3) is 0.742. The zero-order valence-electron chi connectivity index (χ0n) is 23.3. The highest BCUT2D eigenvalue weighted by molar-refractivity contribution is 5.61. The number of ether oxygens (including phenoxy) is 3. The first kappa shape index (κ1) is 24.8. The van der Waals surface area contributed by atoms with Gasteiger partial charge in [0.25, 0.3) is 0 Å². The lowest BCUT2D eigenvalue weighted by atomic mass is 9.36. The van der Waals surface area contributed by atoms with Crippen LogP contribution in [0.4, 0.5) is 0 Å². The predicted molar refractivity (Wildman–Crippen MR) is 142 cm³/mol. The third-order valence-electron chi connectivity index (χ3n) is 11.4. The Morgan fingerprint density at radius 1 is 1.06 bits per heavy atom. The van der Waals surface area contributed by atoms with Gasteiger partial charge in [0.2, 0.25) is 0 Å². The van der Waals surface area contributed by atoms with E-state index in [0.29, 0.717) is 6.04 Å². The standard InChI is InChI=1S/C31H45NO4/c1-27(2,3)28(4,33)23-17-29-12-13-31(23,36-7)19-30(29)14-15-32(18-20-8-9-20)24(29)16-21-10-11-22(34-5)26(35-6)25(21)30/h10-13,20,23-24,33H,8-9,14-19H2,1-7H3/t23-,24-,28+,29-,30-,31+/m1/s1. The van der Waals surface area contributed by atoms with E-state index in [-0.39, 0.29) is 22.2 Å². The van der Waals surface area contributed by atoms with Crippen molar-refractivity contribution in [3.05, 3.63) is 35.4 Å². The molecule has 1 saturated heterocycles.